The van der Waals surface area contributed by atoms with E-state index in [1.54, 1.807) is 11.8 Å². The van der Waals surface area contributed by atoms with Crippen LogP contribution in [-0.4, -0.2) is 52.6 Å². The highest BCUT2D eigenvalue weighted by Gasteiger charge is 2.37. The van der Waals surface area contributed by atoms with E-state index in [9.17, 15) is 14.7 Å². The third-order valence-electron chi connectivity index (χ3n) is 3.57. The normalized spacial score (nSPS) is 24.9. The van der Waals surface area contributed by atoms with Crippen LogP contribution in [-0.2, 0) is 4.79 Å². The number of carbonyl (C=O) groups excluding carboxylic acids is 1. The number of urea groups is 1. The number of nitrogens with one attached hydrogen (secondary N) is 1. The largest absolute Gasteiger partial charge is 0.480 e. The van der Waals surface area contributed by atoms with Crippen LogP contribution in [0.4, 0.5) is 4.79 Å². The van der Waals surface area contributed by atoms with E-state index in [4.69, 9.17) is 0 Å². The van der Waals surface area contributed by atoms with Crippen LogP contribution < -0.4 is 5.32 Å². The van der Waals surface area contributed by atoms with Gasteiger partial charge >= 0.3 is 12.0 Å². The molecule has 1 rings (SSSR count). The van der Waals surface area contributed by atoms with Crippen molar-refractivity contribution >= 4 is 23.8 Å². The number of carbonyl (C=O) groups is 2. The van der Waals surface area contributed by atoms with Gasteiger partial charge in [-0.25, -0.2) is 9.59 Å². The molecule has 0 bridgehead atoms. The Morgan fingerprint density at radius 2 is 2.21 bits per heavy atom. The van der Waals surface area contributed by atoms with E-state index in [-0.39, 0.29) is 18.0 Å². The van der Waals surface area contributed by atoms with Crippen molar-refractivity contribution < 1.29 is 14.7 Å². The van der Waals surface area contributed by atoms with E-state index >= 15 is 0 Å². The maximum atomic E-state index is 12.2. The van der Waals surface area contributed by atoms with Crippen LogP contribution in [0, 0.1) is 5.92 Å². The molecule has 3 atom stereocenters. The summed E-state index contributed by atoms with van der Waals surface area (Å²) < 4.78 is 0. The Labute approximate surface area is 119 Å². The van der Waals surface area contributed by atoms with E-state index in [0.717, 1.165) is 25.0 Å². The van der Waals surface area contributed by atoms with Gasteiger partial charge in [-0.05, 0) is 44.1 Å². The van der Waals surface area contributed by atoms with Crippen LogP contribution >= 0.6 is 11.8 Å². The molecule has 0 aromatic carbocycles. The lowest BCUT2D eigenvalue weighted by Gasteiger charge is -2.37. The van der Waals surface area contributed by atoms with E-state index in [2.05, 4.69) is 5.32 Å². The topological polar surface area (TPSA) is 69.6 Å². The summed E-state index contributed by atoms with van der Waals surface area (Å²) in [7, 11) is 0. The zero-order chi connectivity index (χ0) is 14.4. The Bertz CT molecular complexity index is 325. The summed E-state index contributed by atoms with van der Waals surface area (Å²) in [5, 5.41) is 12.2. The minimum atomic E-state index is -0.904. The molecule has 0 aromatic rings. The molecule has 2 N–H and O–H groups in total. The molecule has 1 fully saturated rings. The van der Waals surface area contributed by atoms with Gasteiger partial charge in [0.05, 0.1) is 0 Å². The van der Waals surface area contributed by atoms with E-state index in [0.29, 0.717) is 6.54 Å². The number of rotatable bonds is 5. The van der Waals surface area contributed by atoms with Gasteiger partial charge in [0.25, 0.3) is 0 Å². The average Bonchev–Trinajstić information content (AvgIpc) is 2.35. The number of likely N-dealkylation sites (tertiary alicyclic amines) is 1. The fraction of sp³-hybridized carbons (Fsp3) is 0.846. The smallest absolute Gasteiger partial charge is 0.326 e. The molecule has 1 heterocycles. The zero-order valence-electron chi connectivity index (χ0n) is 11.9. The van der Waals surface area contributed by atoms with Crippen LogP contribution in [0.25, 0.3) is 0 Å². The predicted molar refractivity (Wildman–Crippen MR) is 77.5 cm³/mol. The minimum absolute atomic E-state index is 0.0125. The number of hydrogen-bond acceptors (Lipinski definition) is 3. The second-order valence-electron chi connectivity index (χ2n) is 5.23. The summed E-state index contributed by atoms with van der Waals surface area (Å²) >= 11 is 1.74. The molecule has 0 saturated carbocycles. The summed E-state index contributed by atoms with van der Waals surface area (Å²) in [6.45, 7) is 4.38. The maximum absolute atomic E-state index is 12.2. The number of aliphatic carboxylic acids is 1. The summed E-state index contributed by atoms with van der Waals surface area (Å²) in [6.07, 6.45) is 4.66. The monoisotopic (exact) mass is 288 g/mol. The Morgan fingerprint density at radius 3 is 2.79 bits per heavy atom. The molecule has 1 aliphatic rings. The lowest BCUT2D eigenvalue weighted by atomic mass is 9.91. The van der Waals surface area contributed by atoms with Crippen LogP contribution in [0.5, 0.6) is 0 Å². The fourth-order valence-electron chi connectivity index (χ4n) is 2.45. The Kier molecular flexibility index (Phi) is 6.48. The molecule has 2 amide bonds. The first-order valence-electron chi connectivity index (χ1n) is 6.76. The van der Waals surface area contributed by atoms with E-state index < -0.39 is 12.0 Å². The SMILES string of the molecule is CSCCC(C)NC(=O)N1CCCC(C)C1C(=O)O. The van der Waals surface area contributed by atoms with Gasteiger partial charge < -0.3 is 15.3 Å². The zero-order valence-corrected chi connectivity index (χ0v) is 12.7. The first-order valence-corrected chi connectivity index (χ1v) is 8.15. The molecule has 0 spiro atoms. The van der Waals surface area contributed by atoms with E-state index in [1.165, 1.54) is 4.90 Å². The van der Waals surface area contributed by atoms with Crippen molar-refractivity contribution in [1.82, 2.24) is 10.2 Å². The van der Waals surface area contributed by atoms with Crippen LogP contribution in [0.15, 0.2) is 0 Å². The Hall–Kier alpha value is -0.910. The first-order chi connectivity index (χ1) is 8.97. The van der Waals surface area contributed by atoms with Gasteiger partial charge in [-0.15, -0.1) is 0 Å². The van der Waals surface area contributed by atoms with Gasteiger partial charge in [0.2, 0.25) is 0 Å². The lowest BCUT2D eigenvalue weighted by Crippen LogP contribution is -2.56. The Balaban J connectivity index is 2.60. The number of amides is 2. The van der Waals surface area contributed by atoms with Gasteiger partial charge in [-0.2, -0.15) is 11.8 Å². The van der Waals surface area contributed by atoms with Gasteiger partial charge in [0.1, 0.15) is 6.04 Å². The van der Waals surface area contributed by atoms with Crippen molar-refractivity contribution in [2.45, 2.75) is 45.2 Å². The van der Waals surface area contributed by atoms with Crippen molar-refractivity contribution in [3.05, 3.63) is 0 Å². The summed E-state index contributed by atoms with van der Waals surface area (Å²) in [5.74, 6) is 0.0952. The molecule has 19 heavy (non-hydrogen) atoms. The predicted octanol–water partition coefficient (Wildman–Crippen LogP) is 2.02. The van der Waals surface area contributed by atoms with Gasteiger partial charge in [-0.3, -0.25) is 0 Å². The molecule has 5 nitrogen and oxygen atoms in total. The molecule has 6 heteroatoms. The van der Waals surface area contributed by atoms with Gasteiger partial charge in [-0.1, -0.05) is 6.92 Å². The molecular formula is C13H24N2O3S. The fourth-order valence-corrected chi connectivity index (χ4v) is 3.04. The van der Waals surface area contributed by atoms with Gasteiger partial charge in [0, 0.05) is 12.6 Å². The minimum Gasteiger partial charge on any atom is -0.480 e. The molecule has 3 unspecified atom stereocenters. The summed E-state index contributed by atoms with van der Waals surface area (Å²) in [6, 6.07) is -0.860. The average molecular weight is 288 g/mol. The van der Waals surface area contributed by atoms with Crippen molar-refractivity contribution in [3.63, 3.8) is 0 Å². The maximum Gasteiger partial charge on any atom is 0.326 e. The van der Waals surface area contributed by atoms with Crippen LogP contribution in [0.3, 0.4) is 0 Å². The number of thioether (sulfide) groups is 1. The molecule has 1 saturated heterocycles. The second kappa shape index (κ2) is 7.62. The number of piperidine rings is 1. The van der Waals surface area contributed by atoms with Crippen molar-refractivity contribution in [1.29, 1.82) is 0 Å². The molecule has 0 aliphatic carbocycles. The molecule has 110 valence electrons. The van der Waals surface area contributed by atoms with Crippen LogP contribution in [0.2, 0.25) is 0 Å². The third-order valence-corrected chi connectivity index (χ3v) is 4.22. The van der Waals surface area contributed by atoms with Crippen LogP contribution in [0.1, 0.15) is 33.1 Å². The molecule has 0 radical (unpaired) electrons. The highest BCUT2D eigenvalue weighted by molar-refractivity contribution is 7.98. The van der Waals surface area contributed by atoms with E-state index in [1.807, 2.05) is 20.1 Å². The van der Waals surface area contributed by atoms with Gasteiger partial charge in [0.15, 0.2) is 0 Å². The lowest BCUT2D eigenvalue weighted by molar-refractivity contribution is -0.145. The van der Waals surface area contributed by atoms with Crippen molar-refractivity contribution in [2.75, 3.05) is 18.6 Å². The highest BCUT2D eigenvalue weighted by atomic mass is 32.2. The number of carboxylic acids is 1. The highest BCUT2D eigenvalue weighted by Crippen LogP contribution is 2.23. The standard InChI is InChI=1S/C13H24N2O3S/c1-9-5-4-7-15(11(9)12(16)17)13(18)14-10(2)6-8-19-3/h9-11H,4-8H2,1-3H3,(H,14,18)(H,16,17). The van der Waals surface area contributed by atoms with Crippen molar-refractivity contribution in [3.8, 4) is 0 Å². The first kappa shape index (κ1) is 16.1. The molecule has 0 aromatic heterocycles. The van der Waals surface area contributed by atoms with Crippen molar-refractivity contribution in [2.24, 2.45) is 5.92 Å². The number of hydrogen-bond donors (Lipinski definition) is 2. The third kappa shape index (κ3) is 4.60. The Morgan fingerprint density at radius 1 is 1.53 bits per heavy atom. The second-order valence-corrected chi connectivity index (χ2v) is 6.21. The number of nitrogens with zero attached hydrogens (tertiary/aromatic N) is 1. The number of carboxylic acid groups (broad SMARTS) is 1. The summed E-state index contributed by atoms with van der Waals surface area (Å²) in [5.41, 5.74) is 0. The molecule has 1 aliphatic heterocycles. The quantitative estimate of drug-likeness (QED) is 0.812. The summed E-state index contributed by atoms with van der Waals surface area (Å²) in [4.78, 5) is 25.0. The molecular weight excluding hydrogens is 264 g/mol.